The monoisotopic (exact) mass is 267 g/mol. The van der Waals surface area contributed by atoms with E-state index in [0.29, 0.717) is 12.2 Å². The first-order valence-electron chi connectivity index (χ1n) is 6.64. The molecule has 106 valence electrons. The van der Waals surface area contributed by atoms with E-state index in [4.69, 9.17) is 5.73 Å². The normalized spacial score (nSPS) is 10.7. The summed E-state index contributed by atoms with van der Waals surface area (Å²) in [6, 6.07) is 4.19. The maximum absolute atomic E-state index is 13.0. The number of hydrogen-bond acceptors (Lipinski definition) is 3. The van der Waals surface area contributed by atoms with Crippen LogP contribution < -0.4 is 11.1 Å². The molecule has 0 unspecified atom stereocenters. The SMILES string of the molecule is CCCN(CCC)CC(=O)Nc1ccc(F)c(N)c1. The molecule has 0 aliphatic carbocycles. The number of nitrogens with two attached hydrogens (primary N) is 1. The average molecular weight is 267 g/mol. The molecule has 0 atom stereocenters. The first kappa shape index (κ1) is 15.4. The molecule has 1 amide bonds. The maximum atomic E-state index is 13.0. The van der Waals surface area contributed by atoms with Crippen LogP contribution in [0, 0.1) is 5.82 Å². The fraction of sp³-hybridized carbons (Fsp3) is 0.500. The molecule has 19 heavy (non-hydrogen) atoms. The number of carbonyl (C=O) groups is 1. The minimum Gasteiger partial charge on any atom is -0.396 e. The molecule has 1 rings (SSSR count). The van der Waals surface area contributed by atoms with Crippen molar-refractivity contribution in [2.24, 2.45) is 0 Å². The van der Waals surface area contributed by atoms with Gasteiger partial charge in [0.2, 0.25) is 5.91 Å². The summed E-state index contributed by atoms with van der Waals surface area (Å²) in [7, 11) is 0. The lowest BCUT2D eigenvalue weighted by Crippen LogP contribution is -2.34. The molecule has 1 aromatic rings. The van der Waals surface area contributed by atoms with Gasteiger partial charge in [0.15, 0.2) is 0 Å². The molecule has 0 aliphatic heterocycles. The van der Waals surface area contributed by atoms with Gasteiger partial charge in [0.1, 0.15) is 5.82 Å². The van der Waals surface area contributed by atoms with Gasteiger partial charge < -0.3 is 11.1 Å². The summed E-state index contributed by atoms with van der Waals surface area (Å²) < 4.78 is 13.0. The van der Waals surface area contributed by atoms with Crippen molar-refractivity contribution in [3.8, 4) is 0 Å². The van der Waals surface area contributed by atoms with Crippen LogP contribution in [-0.4, -0.2) is 30.4 Å². The van der Waals surface area contributed by atoms with Gasteiger partial charge in [-0.1, -0.05) is 13.8 Å². The van der Waals surface area contributed by atoms with E-state index < -0.39 is 5.82 Å². The maximum Gasteiger partial charge on any atom is 0.238 e. The molecule has 0 heterocycles. The van der Waals surface area contributed by atoms with Gasteiger partial charge in [-0.3, -0.25) is 9.69 Å². The van der Waals surface area contributed by atoms with Crippen LogP contribution in [0.4, 0.5) is 15.8 Å². The standard InChI is InChI=1S/C14H22FN3O/c1-3-7-18(8-4-2)10-14(19)17-11-5-6-12(15)13(16)9-11/h5-6,9H,3-4,7-8,10,16H2,1-2H3,(H,17,19). The Morgan fingerprint density at radius 2 is 1.95 bits per heavy atom. The van der Waals surface area contributed by atoms with Gasteiger partial charge in [-0.15, -0.1) is 0 Å². The third-order valence-electron chi connectivity index (χ3n) is 2.73. The van der Waals surface area contributed by atoms with Crippen molar-refractivity contribution in [1.29, 1.82) is 0 Å². The molecule has 5 heteroatoms. The molecule has 0 bridgehead atoms. The summed E-state index contributed by atoms with van der Waals surface area (Å²) in [6.45, 7) is 6.31. The van der Waals surface area contributed by atoms with Gasteiger partial charge in [-0.25, -0.2) is 4.39 Å². The van der Waals surface area contributed by atoms with E-state index >= 15 is 0 Å². The first-order valence-corrected chi connectivity index (χ1v) is 6.64. The van der Waals surface area contributed by atoms with E-state index in [0.717, 1.165) is 25.9 Å². The molecule has 0 fully saturated rings. The van der Waals surface area contributed by atoms with Gasteiger partial charge in [0.05, 0.1) is 12.2 Å². The second kappa shape index (κ2) is 7.74. The Bertz CT molecular complexity index is 417. The zero-order valence-corrected chi connectivity index (χ0v) is 11.6. The fourth-order valence-corrected chi connectivity index (χ4v) is 1.93. The van der Waals surface area contributed by atoms with E-state index in [2.05, 4.69) is 24.1 Å². The number of nitrogen functional groups attached to an aromatic ring is 1. The summed E-state index contributed by atoms with van der Waals surface area (Å²) in [6.07, 6.45) is 2.02. The summed E-state index contributed by atoms with van der Waals surface area (Å²) in [4.78, 5) is 14.0. The van der Waals surface area contributed by atoms with Crippen LogP contribution >= 0.6 is 0 Å². The zero-order chi connectivity index (χ0) is 14.3. The predicted octanol–water partition coefficient (Wildman–Crippen LogP) is 2.47. The molecular weight excluding hydrogens is 245 g/mol. The summed E-state index contributed by atoms with van der Waals surface area (Å²) in [5.41, 5.74) is 6.02. The molecule has 3 N–H and O–H groups in total. The second-order valence-corrected chi connectivity index (χ2v) is 4.56. The first-order chi connectivity index (χ1) is 9.06. The Morgan fingerprint density at radius 3 is 2.47 bits per heavy atom. The average Bonchev–Trinajstić information content (AvgIpc) is 2.34. The Kier molecular flexibility index (Phi) is 6.29. The fourth-order valence-electron chi connectivity index (χ4n) is 1.93. The lowest BCUT2D eigenvalue weighted by molar-refractivity contribution is -0.117. The van der Waals surface area contributed by atoms with E-state index in [-0.39, 0.29) is 11.6 Å². The van der Waals surface area contributed by atoms with E-state index in [1.165, 1.54) is 18.2 Å². The highest BCUT2D eigenvalue weighted by molar-refractivity contribution is 5.92. The van der Waals surface area contributed by atoms with Crippen molar-refractivity contribution >= 4 is 17.3 Å². The van der Waals surface area contributed by atoms with Crippen molar-refractivity contribution in [1.82, 2.24) is 4.90 Å². The number of rotatable bonds is 7. The van der Waals surface area contributed by atoms with Gasteiger partial charge in [0.25, 0.3) is 0 Å². The number of benzene rings is 1. The topological polar surface area (TPSA) is 58.4 Å². The van der Waals surface area contributed by atoms with Gasteiger partial charge in [-0.2, -0.15) is 0 Å². The highest BCUT2D eigenvalue weighted by Gasteiger charge is 2.10. The van der Waals surface area contributed by atoms with Crippen molar-refractivity contribution < 1.29 is 9.18 Å². The van der Waals surface area contributed by atoms with Crippen LogP contribution in [0.2, 0.25) is 0 Å². The van der Waals surface area contributed by atoms with Crippen molar-refractivity contribution in [3.63, 3.8) is 0 Å². The van der Waals surface area contributed by atoms with Gasteiger partial charge in [-0.05, 0) is 44.1 Å². The Labute approximate surface area is 113 Å². The van der Waals surface area contributed by atoms with Crippen LogP contribution in [0.15, 0.2) is 18.2 Å². The molecule has 4 nitrogen and oxygen atoms in total. The number of nitrogens with zero attached hydrogens (tertiary/aromatic N) is 1. The molecule has 0 saturated heterocycles. The van der Waals surface area contributed by atoms with Crippen LogP contribution in [0.5, 0.6) is 0 Å². The molecule has 0 saturated carbocycles. The Morgan fingerprint density at radius 1 is 1.32 bits per heavy atom. The lowest BCUT2D eigenvalue weighted by atomic mass is 10.2. The zero-order valence-electron chi connectivity index (χ0n) is 11.6. The Hall–Kier alpha value is -1.62. The molecular formula is C14H22FN3O. The van der Waals surface area contributed by atoms with Crippen molar-refractivity contribution in [2.45, 2.75) is 26.7 Å². The number of hydrogen-bond donors (Lipinski definition) is 2. The second-order valence-electron chi connectivity index (χ2n) is 4.56. The van der Waals surface area contributed by atoms with E-state index in [1.807, 2.05) is 0 Å². The summed E-state index contributed by atoms with van der Waals surface area (Å²) in [5, 5.41) is 2.73. The largest absolute Gasteiger partial charge is 0.396 e. The quantitative estimate of drug-likeness (QED) is 0.746. The molecule has 0 aromatic heterocycles. The van der Waals surface area contributed by atoms with E-state index in [9.17, 15) is 9.18 Å². The number of halogens is 1. The van der Waals surface area contributed by atoms with Crippen LogP contribution in [0.3, 0.4) is 0 Å². The number of amides is 1. The smallest absolute Gasteiger partial charge is 0.238 e. The van der Waals surface area contributed by atoms with Crippen LogP contribution in [0.1, 0.15) is 26.7 Å². The number of nitrogens with one attached hydrogen (secondary N) is 1. The Balaban J connectivity index is 2.55. The predicted molar refractivity (Wildman–Crippen MR) is 76.5 cm³/mol. The highest BCUT2D eigenvalue weighted by Crippen LogP contribution is 2.16. The van der Waals surface area contributed by atoms with Crippen LogP contribution in [0.25, 0.3) is 0 Å². The molecule has 1 aromatic carbocycles. The molecule has 0 aliphatic rings. The summed E-state index contributed by atoms with van der Waals surface area (Å²) in [5.74, 6) is -0.579. The van der Waals surface area contributed by atoms with Gasteiger partial charge >= 0.3 is 0 Å². The highest BCUT2D eigenvalue weighted by atomic mass is 19.1. The van der Waals surface area contributed by atoms with Gasteiger partial charge in [0, 0.05) is 5.69 Å². The third-order valence-corrected chi connectivity index (χ3v) is 2.73. The molecule has 0 radical (unpaired) electrons. The van der Waals surface area contributed by atoms with Crippen LogP contribution in [-0.2, 0) is 4.79 Å². The lowest BCUT2D eigenvalue weighted by Gasteiger charge is -2.20. The summed E-state index contributed by atoms with van der Waals surface area (Å²) >= 11 is 0. The minimum absolute atomic E-state index is 0.0387. The van der Waals surface area contributed by atoms with E-state index in [1.54, 1.807) is 0 Å². The minimum atomic E-state index is -0.475. The molecule has 0 spiro atoms. The van der Waals surface area contributed by atoms with Crippen molar-refractivity contribution in [2.75, 3.05) is 30.7 Å². The number of anilines is 2. The third kappa shape index (κ3) is 5.26. The van der Waals surface area contributed by atoms with Crippen molar-refractivity contribution in [3.05, 3.63) is 24.0 Å². The number of carbonyl (C=O) groups excluding carboxylic acids is 1.